The molecule has 0 saturated carbocycles. The highest BCUT2D eigenvalue weighted by atomic mass is 19.1. The topological polar surface area (TPSA) is 67.3 Å². The van der Waals surface area contributed by atoms with Crippen LogP contribution in [0.25, 0.3) is 0 Å². The van der Waals surface area contributed by atoms with Crippen LogP contribution in [0.3, 0.4) is 0 Å². The lowest BCUT2D eigenvalue weighted by Crippen LogP contribution is -2.22. The average molecular weight is 449 g/mol. The van der Waals surface area contributed by atoms with Crippen LogP contribution in [0, 0.1) is 5.82 Å². The number of halogens is 1. The molecule has 3 heterocycles. The van der Waals surface area contributed by atoms with Gasteiger partial charge in [-0.25, -0.2) is 9.37 Å². The van der Waals surface area contributed by atoms with Gasteiger partial charge in [-0.3, -0.25) is 9.78 Å². The molecular weight excluding hydrogens is 419 g/mol. The molecule has 3 aromatic rings. The Labute approximate surface area is 193 Å². The molecule has 1 N–H and O–H groups in total. The first-order valence-corrected chi connectivity index (χ1v) is 11.1. The van der Waals surface area contributed by atoms with Gasteiger partial charge in [-0.05, 0) is 43.7 Å². The van der Waals surface area contributed by atoms with Crippen LogP contribution in [0.2, 0.25) is 0 Å². The van der Waals surface area contributed by atoms with Gasteiger partial charge < -0.3 is 15.0 Å². The molecule has 1 aliphatic rings. The second-order valence-corrected chi connectivity index (χ2v) is 9.29. The minimum absolute atomic E-state index is 0.0175. The molecule has 1 aliphatic heterocycles. The zero-order chi connectivity index (χ0) is 23.8. The number of hydrogen-bond donors (Lipinski definition) is 1. The second-order valence-electron chi connectivity index (χ2n) is 9.29. The van der Waals surface area contributed by atoms with Crippen LogP contribution >= 0.6 is 0 Å². The van der Waals surface area contributed by atoms with E-state index in [9.17, 15) is 9.18 Å². The molecule has 0 fully saturated rings. The number of nitrogens with zero attached hydrogens (tertiary/aromatic N) is 3. The summed E-state index contributed by atoms with van der Waals surface area (Å²) in [5.41, 5.74) is 3.04. The number of benzene rings is 1. The Morgan fingerprint density at radius 2 is 1.91 bits per heavy atom. The minimum Gasteiger partial charge on any atom is -0.454 e. The van der Waals surface area contributed by atoms with E-state index in [-0.39, 0.29) is 23.1 Å². The molecule has 7 heteroatoms. The van der Waals surface area contributed by atoms with Crippen molar-refractivity contribution >= 4 is 11.7 Å². The van der Waals surface area contributed by atoms with Crippen molar-refractivity contribution in [1.29, 1.82) is 0 Å². The molecule has 0 aliphatic carbocycles. The predicted molar refractivity (Wildman–Crippen MR) is 126 cm³/mol. The Kier molecular flexibility index (Phi) is 6.06. The molecule has 0 unspecified atom stereocenters. The van der Waals surface area contributed by atoms with E-state index in [1.165, 1.54) is 6.07 Å². The fraction of sp³-hybridized carbons (Fsp3) is 0.346. The number of carbonyl (C=O) groups is 1. The fourth-order valence-corrected chi connectivity index (χ4v) is 3.84. The molecule has 0 radical (unpaired) electrons. The zero-order valence-corrected chi connectivity index (χ0v) is 19.6. The maximum absolute atomic E-state index is 14.9. The Balaban J connectivity index is 1.51. The molecule has 6 nitrogen and oxygen atoms in total. The van der Waals surface area contributed by atoms with Gasteiger partial charge in [-0.2, -0.15) is 0 Å². The summed E-state index contributed by atoms with van der Waals surface area (Å²) < 4.78 is 20.7. The van der Waals surface area contributed by atoms with Crippen molar-refractivity contribution in [1.82, 2.24) is 14.9 Å². The van der Waals surface area contributed by atoms with Gasteiger partial charge in [0.05, 0.1) is 12.6 Å². The molecular formula is C26H29FN4O2. The maximum atomic E-state index is 14.9. The lowest BCUT2D eigenvalue weighted by atomic mass is 9.92. The van der Waals surface area contributed by atoms with Crippen LogP contribution < -0.4 is 10.1 Å². The standard InChI is InChI=1S/C26H29FN4O2/c1-6-31-15-20-19(25(31)32)10-12-29-24(20)30-16(2)17-7-8-22(21(27)13-17)33-18-9-11-28-23(14-18)26(3,4)5/h7-14,16H,6,15H2,1-5H3,(H,29,30)/t16-/m0/s1. The number of amides is 1. The van der Waals surface area contributed by atoms with Crippen molar-refractivity contribution in [2.75, 3.05) is 11.9 Å². The predicted octanol–water partition coefficient (Wildman–Crippen LogP) is 5.85. The highest BCUT2D eigenvalue weighted by molar-refractivity contribution is 5.99. The molecule has 172 valence electrons. The third-order valence-corrected chi connectivity index (χ3v) is 5.84. The SMILES string of the molecule is CCN1Cc2c(ccnc2N[C@@H](C)c2ccc(Oc3ccnc(C(C)(C)C)c3)c(F)c2)C1=O. The van der Waals surface area contributed by atoms with Gasteiger partial charge in [0.1, 0.15) is 11.6 Å². The van der Waals surface area contributed by atoms with E-state index in [1.807, 2.05) is 26.0 Å². The summed E-state index contributed by atoms with van der Waals surface area (Å²) in [6, 6.07) is 10.0. The lowest BCUT2D eigenvalue weighted by Gasteiger charge is -2.19. The summed E-state index contributed by atoms with van der Waals surface area (Å²) in [6.07, 6.45) is 3.30. The molecule has 0 saturated heterocycles. The van der Waals surface area contributed by atoms with Crippen LogP contribution in [0.4, 0.5) is 10.2 Å². The summed E-state index contributed by atoms with van der Waals surface area (Å²) in [6.45, 7) is 11.3. The molecule has 33 heavy (non-hydrogen) atoms. The number of ether oxygens (including phenoxy) is 1. The van der Waals surface area contributed by atoms with Crippen molar-refractivity contribution in [2.45, 2.75) is 52.6 Å². The van der Waals surface area contributed by atoms with E-state index in [0.717, 1.165) is 16.8 Å². The first kappa shape index (κ1) is 22.7. The van der Waals surface area contributed by atoms with E-state index in [4.69, 9.17) is 4.74 Å². The first-order chi connectivity index (χ1) is 15.7. The number of pyridine rings is 2. The third-order valence-electron chi connectivity index (χ3n) is 5.84. The number of hydrogen-bond acceptors (Lipinski definition) is 5. The Hall–Kier alpha value is -3.48. The van der Waals surface area contributed by atoms with Gasteiger partial charge in [0.25, 0.3) is 5.91 Å². The van der Waals surface area contributed by atoms with Crippen LogP contribution in [-0.4, -0.2) is 27.3 Å². The zero-order valence-electron chi connectivity index (χ0n) is 19.6. The summed E-state index contributed by atoms with van der Waals surface area (Å²) in [5, 5.41) is 3.34. The van der Waals surface area contributed by atoms with Crippen molar-refractivity contribution in [3.8, 4) is 11.5 Å². The first-order valence-electron chi connectivity index (χ1n) is 11.1. The summed E-state index contributed by atoms with van der Waals surface area (Å²) in [4.78, 5) is 23.0. The second kappa shape index (κ2) is 8.81. The smallest absolute Gasteiger partial charge is 0.254 e. The molecule has 2 aromatic heterocycles. The molecule has 1 atom stereocenters. The van der Waals surface area contributed by atoms with Crippen molar-refractivity contribution in [3.63, 3.8) is 0 Å². The third kappa shape index (κ3) is 4.67. The summed E-state index contributed by atoms with van der Waals surface area (Å²) in [7, 11) is 0. The van der Waals surface area contributed by atoms with Crippen molar-refractivity contribution < 1.29 is 13.9 Å². The van der Waals surface area contributed by atoms with E-state index < -0.39 is 5.82 Å². The molecule has 0 bridgehead atoms. The van der Waals surface area contributed by atoms with Crippen LogP contribution in [-0.2, 0) is 12.0 Å². The highest BCUT2D eigenvalue weighted by Crippen LogP contribution is 2.32. The van der Waals surface area contributed by atoms with Gasteiger partial charge in [-0.1, -0.05) is 26.8 Å². The summed E-state index contributed by atoms with van der Waals surface area (Å²) in [5.74, 6) is 0.913. The van der Waals surface area contributed by atoms with Gasteiger partial charge in [0, 0.05) is 47.2 Å². The lowest BCUT2D eigenvalue weighted by molar-refractivity contribution is 0.0787. The number of fused-ring (bicyclic) bond motifs is 1. The van der Waals surface area contributed by atoms with E-state index >= 15 is 0 Å². The monoisotopic (exact) mass is 448 g/mol. The van der Waals surface area contributed by atoms with Gasteiger partial charge >= 0.3 is 0 Å². The number of aromatic nitrogens is 2. The van der Waals surface area contributed by atoms with Crippen LogP contribution in [0.15, 0.2) is 48.8 Å². The Bertz CT molecular complexity index is 1190. The average Bonchev–Trinajstić information content (AvgIpc) is 3.11. The highest BCUT2D eigenvalue weighted by Gasteiger charge is 2.29. The number of nitrogens with one attached hydrogen (secondary N) is 1. The quantitative estimate of drug-likeness (QED) is 0.512. The van der Waals surface area contributed by atoms with Crippen LogP contribution in [0.5, 0.6) is 11.5 Å². The van der Waals surface area contributed by atoms with Gasteiger partial charge in [0.2, 0.25) is 0 Å². The number of carbonyl (C=O) groups excluding carboxylic acids is 1. The van der Waals surface area contributed by atoms with Gasteiger partial charge in [0.15, 0.2) is 11.6 Å². The summed E-state index contributed by atoms with van der Waals surface area (Å²) >= 11 is 0. The minimum atomic E-state index is -0.450. The molecule has 1 amide bonds. The normalized spacial score (nSPS) is 14.2. The Morgan fingerprint density at radius 1 is 1.15 bits per heavy atom. The largest absolute Gasteiger partial charge is 0.454 e. The van der Waals surface area contributed by atoms with Crippen molar-refractivity contribution in [3.05, 3.63) is 77.0 Å². The fourth-order valence-electron chi connectivity index (χ4n) is 3.84. The van der Waals surface area contributed by atoms with E-state index in [2.05, 4.69) is 36.1 Å². The van der Waals surface area contributed by atoms with Crippen molar-refractivity contribution in [2.24, 2.45) is 0 Å². The Morgan fingerprint density at radius 3 is 2.61 bits per heavy atom. The van der Waals surface area contributed by atoms with E-state index in [0.29, 0.717) is 30.2 Å². The molecule has 0 spiro atoms. The van der Waals surface area contributed by atoms with Gasteiger partial charge in [-0.15, -0.1) is 0 Å². The molecule has 4 rings (SSSR count). The maximum Gasteiger partial charge on any atom is 0.254 e. The molecule has 1 aromatic carbocycles. The number of anilines is 1. The van der Waals surface area contributed by atoms with E-state index in [1.54, 1.807) is 35.5 Å². The number of rotatable bonds is 6. The van der Waals surface area contributed by atoms with Crippen LogP contribution in [0.1, 0.15) is 67.8 Å².